The van der Waals surface area contributed by atoms with E-state index in [1.807, 2.05) is 26.8 Å². The van der Waals surface area contributed by atoms with E-state index in [2.05, 4.69) is 4.72 Å². The highest BCUT2D eigenvalue weighted by Crippen LogP contribution is 2.29. The number of nitrogens with zero attached hydrogens (tertiary/aromatic N) is 1. The van der Waals surface area contributed by atoms with Gasteiger partial charge in [-0.05, 0) is 36.4 Å². The van der Waals surface area contributed by atoms with E-state index in [4.69, 9.17) is 11.6 Å². The van der Waals surface area contributed by atoms with Crippen molar-refractivity contribution in [3.63, 3.8) is 0 Å². The van der Waals surface area contributed by atoms with E-state index in [1.54, 1.807) is 24.4 Å². The zero-order valence-corrected chi connectivity index (χ0v) is 16.2. The smallest absolute Gasteiger partial charge is 0.261 e. The minimum Gasteiger partial charge on any atom is -0.285 e. The number of anilines is 1. The van der Waals surface area contributed by atoms with Crippen LogP contribution >= 0.6 is 11.6 Å². The molecule has 0 aliphatic rings. The lowest BCUT2D eigenvalue weighted by atomic mass is 9.95. The summed E-state index contributed by atoms with van der Waals surface area (Å²) >= 11 is 5.83. The fraction of sp³-hybridized carbons (Fsp3) is 0.211. The number of rotatable bonds is 3. The van der Waals surface area contributed by atoms with Gasteiger partial charge in [-0.3, -0.25) is 14.1 Å². The summed E-state index contributed by atoms with van der Waals surface area (Å²) in [5.74, 6) is -0.120. The van der Waals surface area contributed by atoms with Crippen molar-refractivity contribution in [2.24, 2.45) is 5.41 Å². The molecule has 7 heteroatoms. The first kappa shape index (κ1) is 18.5. The number of carbonyl (C=O) groups is 1. The second kappa shape index (κ2) is 6.45. The number of halogens is 1. The van der Waals surface area contributed by atoms with Crippen LogP contribution in [0.15, 0.2) is 59.6 Å². The molecule has 0 atom stereocenters. The quantitative estimate of drug-likeness (QED) is 0.699. The van der Waals surface area contributed by atoms with Crippen molar-refractivity contribution in [3.8, 4) is 0 Å². The van der Waals surface area contributed by atoms with Crippen LogP contribution in [0.5, 0.6) is 0 Å². The zero-order chi connectivity index (χ0) is 19.1. The van der Waals surface area contributed by atoms with Gasteiger partial charge in [0.05, 0.1) is 16.1 Å². The number of benzene rings is 2. The lowest BCUT2D eigenvalue weighted by Crippen LogP contribution is -2.26. The molecule has 0 radical (unpaired) electrons. The van der Waals surface area contributed by atoms with Crippen LogP contribution in [-0.4, -0.2) is 18.9 Å². The van der Waals surface area contributed by atoms with Crippen molar-refractivity contribution in [1.82, 2.24) is 4.57 Å². The number of aromatic nitrogens is 1. The van der Waals surface area contributed by atoms with Crippen LogP contribution in [-0.2, 0) is 10.0 Å². The fourth-order valence-electron chi connectivity index (χ4n) is 2.62. The highest BCUT2D eigenvalue weighted by molar-refractivity contribution is 7.92. The van der Waals surface area contributed by atoms with Crippen molar-refractivity contribution >= 4 is 44.1 Å². The number of para-hydroxylation sites is 1. The van der Waals surface area contributed by atoms with Gasteiger partial charge in [0.1, 0.15) is 0 Å². The molecule has 0 spiro atoms. The second-order valence-electron chi connectivity index (χ2n) is 7.04. The molecule has 0 unspecified atom stereocenters. The van der Waals surface area contributed by atoms with Crippen molar-refractivity contribution < 1.29 is 13.2 Å². The van der Waals surface area contributed by atoms with Crippen LogP contribution in [0, 0.1) is 5.41 Å². The molecule has 3 rings (SSSR count). The molecule has 0 fully saturated rings. The van der Waals surface area contributed by atoms with Crippen molar-refractivity contribution in [2.75, 3.05) is 4.72 Å². The van der Waals surface area contributed by atoms with Gasteiger partial charge < -0.3 is 0 Å². The van der Waals surface area contributed by atoms with Crippen LogP contribution in [0.2, 0.25) is 5.02 Å². The van der Waals surface area contributed by atoms with E-state index in [-0.39, 0.29) is 10.8 Å². The van der Waals surface area contributed by atoms with E-state index < -0.39 is 15.4 Å². The minimum absolute atomic E-state index is 0.0964. The van der Waals surface area contributed by atoms with Crippen LogP contribution in [0.1, 0.15) is 25.6 Å². The third-order valence-electron chi connectivity index (χ3n) is 3.94. The van der Waals surface area contributed by atoms with Gasteiger partial charge >= 0.3 is 0 Å². The van der Waals surface area contributed by atoms with Crippen LogP contribution in [0.3, 0.4) is 0 Å². The predicted molar refractivity (Wildman–Crippen MR) is 104 cm³/mol. The Kier molecular flexibility index (Phi) is 4.58. The Hall–Kier alpha value is -2.31. The SMILES string of the molecule is CC(C)(C)C(=O)n1ccc2cccc(NS(=O)(=O)c3ccc(Cl)cc3)c21. The first-order chi connectivity index (χ1) is 12.1. The van der Waals surface area contributed by atoms with Crippen LogP contribution in [0.4, 0.5) is 5.69 Å². The second-order valence-corrected chi connectivity index (χ2v) is 9.16. The molecule has 26 heavy (non-hydrogen) atoms. The van der Waals surface area contributed by atoms with Gasteiger partial charge in [0.25, 0.3) is 10.0 Å². The number of nitrogens with one attached hydrogen (secondary N) is 1. The maximum absolute atomic E-state index is 12.7. The summed E-state index contributed by atoms with van der Waals surface area (Å²) < 4.78 is 29.5. The van der Waals surface area contributed by atoms with Crippen LogP contribution in [0.25, 0.3) is 10.9 Å². The zero-order valence-electron chi connectivity index (χ0n) is 14.7. The highest BCUT2D eigenvalue weighted by Gasteiger charge is 2.25. The van der Waals surface area contributed by atoms with Gasteiger partial charge in [-0.15, -0.1) is 0 Å². The molecular weight excluding hydrogens is 372 g/mol. The first-order valence-corrected chi connectivity index (χ1v) is 9.89. The fourth-order valence-corrected chi connectivity index (χ4v) is 3.82. The topological polar surface area (TPSA) is 68.2 Å². The molecule has 0 saturated heterocycles. The summed E-state index contributed by atoms with van der Waals surface area (Å²) in [6.07, 6.45) is 1.67. The summed E-state index contributed by atoms with van der Waals surface area (Å²) in [5.41, 5.74) is 0.277. The van der Waals surface area contributed by atoms with Gasteiger partial charge in [-0.25, -0.2) is 8.42 Å². The third-order valence-corrected chi connectivity index (χ3v) is 5.57. The lowest BCUT2D eigenvalue weighted by Gasteiger charge is -2.19. The summed E-state index contributed by atoms with van der Waals surface area (Å²) in [4.78, 5) is 12.8. The molecule has 136 valence electrons. The standard InChI is InChI=1S/C19H19ClN2O3S/c1-19(2,3)18(23)22-12-11-13-5-4-6-16(17(13)22)21-26(24,25)15-9-7-14(20)8-10-15/h4-12,21H,1-3H3. The van der Waals surface area contributed by atoms with Crippen molar-refractivity contribution in [3.05, 3.63) is 59.8 Å². The molecule has 5 nitrogen and oxygen atoms in total. The maximum Gasteiger partial charge on any atom is 0.261 e. The summed E-state index contributed by atoms with van der Waals surface area (Å²) in [6.45, 7) is 5.46. The normalized spacial score (nSPS) is 12.3. The van der Waals surface area contributed by atoms with Gasteiger partial charge in [-0.2, -0.15) is 0 Å². The summed E-state index contributed by atoms with van der Waals surface area (Å²) in [5, 5.41) is 1.23. The average Bonchev–Trinajstić information content (AvgIpc) is 2.98. The maximum atomic E-state index is 12.7. The van der Waals surface area contributed by atoms with Crippen LogP contribution < -0.4 is 4.72 Å². The Labute approximate surface area is 157 Å². The molecule has 0 saturated carbocycles. The number of fused-ring (bicyclic) bond motifs is 1. The van der Waals surface area contributed by atoms with E-state index in [9.17, 15) is 13.2 Å². The molecule has 0 aliphatic heterocycles. The van der Waals surface area contributed by atoms with Gasteiger partial charge in [-0.1, -0.05) is 44.5 Å². The Morgan fingerprint density at radius 1 is 1.04 bits per heavy atom. The summed E-state index contributed by atoms with van der Waals surface area (Å²) in [7, 11) is -3.81. The van der Waals surface area contributed by atoms with E-state index >= 15 is 0 Å². The average molecular weight is 391 g/mol. The van der Waals surface area contributed by atoms with Crippen molar-refractivity contribution in [2.45, 2.75) is 25.7 Å². The van der Waals surface area contributed by atoms with E-state index in [0.29, 0.717) is 16.2 Å². The molecule has 3 aromatic rings. The number of hydrogen-bond acceptors (Lipinski definition) is 3. The largest absolute Gasteiger partial charge is 0.285 e. The Morgan fingerprint density at radius 3 is 2.31 bits per heavy atom. The molecular formula is C19H19ClN2O3S. The van der Waals surface area contributed by atoms with Gasteiger partial charge in [0.15, 0.2) is 0 Å². The third kappa shape index (κ3) is 3.48. The Morgan fingerprint density at radius 2 is 1.69 bits per heavy atom. The predicted octanol–water partition coefficient (Wildman–Crippen LogP) is 4.78. The number of hydrogen-bond donors (Lipinski definition) is 1. The van der Waals surface area contributed by atoms with E-state index in [0.717, 1.165) is 5.39 Å². The number of sulfonamides is 1. The number of carbonyl (C=O) groups excluding carboxylic acids is 1. The van der Waals surface area contributed by atoms with E-state index in [1.165, 1.54) is 28.8 Å². The molecule has 0 bridgehead atoms. The van der Waals surface area contributed by atoms with Gasteiger partial charge in [0, 0.05) is 22.0 Å². The molecule has 0 aliphatic carbocycles. The Balaban J connectivity index is 2.10. The highest BCUT2D eigenvalue weighted by atomic mass is 35.5. The monoisotopic (exact) mass is 390 g/mol. The lowest BCUT2D eigenvalue weighted by molar-refractivity contribution is 0.0773. The van der Waals surface area contributed by atoms with Gasteiger partial charge in [0.2, 0.25) is 5.91 Å². The Bertz CT molecular complexity index is 1080. The van der Waals surface area contributed by atoms with Crippen molar-refractivity contribution in [1.29, 1.82) is 0 Å². The molecule has 0 amide bonds. The first-order valence-electron chi connectivity index (χ1n) is 8.03. The molecule has 1 N–H and O–H groups in total. The molecule has 1 aromatic heterocycles. The molecule has 1 heterocycles. The molecule has 2 aromatic carbocycles. The summed E-state index contributed by atoms with van der Waals surface area (Å²) in [6, 6.07) is 12.9. The minimum atomic E-state index is -3.81.